The Hall–Kier alpha value is -2.07. The van der Waals surface area contributed by atoms with E-state index >= 15 is 0 Å². The molecular formula is C25H34O4Si2. The zero-order valence-electron chi connectivity index (χ0n) is 19.0. The van der Waals surface area contributed by atoms with E-state index in [1.807, 2.05) is 68.4 Å². The summed E-state index contributed by atoms with van der Waals surface area (Å²) in [4.78, 5) is 0. The maximum Gasteiger partial charge on any atom is 0.407 e. The largest absolute Gasteiger partial charge is 0.407 e. The van der Waals surface area contributed by atoms with Crippen LogP contribution in [0.4, 0.5) is 0 Å². The highest BCUT2D eigenvalue weighted by Gasteiger charge is 2.41. The van der Waals surface area contributed by atoms with Gasteiger partial charge in [0.15, 0.2) is 0 Å². The maximum absolute atomic E-state index is 6.16. The van der Waals surface area contributed by atoms with Crippen LogP contribution in [-0.4, -0.2) is 45.3 Å². The summed E-state index contributed by atoms with van der Waals surface area (Å²) in [6, 6.07) is 31.8. The van der Waals surface area contributed by atoms with E-state index in [4.69, 9.17) is 17.7 Å². The van der Waals surface area contributed by atoms with Gasteiger partial charge < -0.3 is 17.7 Å². The molecule has 0 saturated carbocycles. The van der Waals surface area contributed by atoms with E-state index in [1.165, 1.54) is 5.56 Å². The van der Waals surface area contributed by atoms with Crippen molar-refractivity contribution in [3.05, 3.63) is 96.6 Å². The Bertz CT molecular complexity index is 780. The molecule has 0 aliphatic rings. The van der Waals surface area contributed by atoms with Gasteiger partial charge in [-0.3, -0.25) is 0 Å². The second-order valence-electron chi connectivity index (χ2n) is 6.81. The first-order valence-corrected chi connectivity index (χ1v) is 14.3. The summed E-state index contributed by atoms with van der Waals surface area (Å²) in [7, 11) is -0.543. The third-order valence-corrected chi connectivity index (χ3v) is 10.2. The van der Waals surface area contributed by atoms with Gasteiger partial charge in [-0.1, -0.05) is 91.0 Å². The summed E-state index contributed by atoms with van der Waals surface area (Å²) in [5, 5.41) is 2.31. The van der Waals surface area contributed by atoms with Crippen molar-refractivity contribution in [1.29, 1.82) is 0 Å². The molecule has 0 unspecified atom stereocenters. The van der Waals surface area contributed by atoms with E-state index in [0.717, 1.165) is 16.4 Å². The quantitative estimate of drug-likeness (QED) is 0.439. The van der Waals surface area contributed by atoms with Crippen LogP contribution in [0.2, 0.25) is 0 Å². The SMILES string of the molecule is CCO[Si](OCC)(c1ccccc1)c1ccccc1.CO[SiH](Cc1ccccc1)OC. The predicted molar refractivity (Wildman–Crippen MR) is 132 cm³/mol. The van der Waals surface area contributed by atoms with Crippen molar-refractivity contribution in [2.45, 2.75) is 19.9 Å². The molecule has 0 heterocycles. The highest BCUT2D eigenvalue weighted by molar-refractivity contribution is 6.92. The van der Waals surface area contributed by atoms with E-state index in [1.54, 1.807) is 14.2 Å². The van der Waals surface area contributed by atoms with E-state index in [9.17, 15) is 0 Å². The standard InChI is InChI=1S/C16H20O2Si.C9H14O2Si/c1-3-17-19(18-4-2,15-11-7-5-8-12-15)16-13-9-6-10-14-16;1-10-12(11-2)8-9-6-4-3-5-7-9/h5-14H,3-4H2,1-2H3;3-7,12H,8H2,1-2H3. The van der Waals surface area contributed by atoms with Gasteiger partial charge in [0.25, 0.3) is 0 Å². The fourth-order valence-corrected chi connectivity index (χ4v) is 7.67. The number of rotatable bonds is 10. The van der Waals surface area contributed by atoms with E-state index < -0.39 is 17.8 Å². The van der Waals surface area contributed by atoms with Gasteiger partial charge in [-0.2, -0.15) is 0 Å². The molecule has 4 nitrogen and oxygen atoms in total. The Balaban J connectivity index is 0.000000245. The van der Waals surface area contributed by atoms with Crippen LogP contribution in [0.5, 0.6) is 0 Å². The smallest absolute Gasteiger partial charge is 0.400 e. The molecule has 0 spiro atoms. The lowest BCUT2D eigenvalue weighted by atomic mass is 10.2. The molecule has 0 saturated heterocycles. The lowest BCUT2D eigenvalue weighted by Crippen LogP contribution is -2.63. The zero-order valence-corrected chi connectivity index (χ0v) is 21.1. The van der Waals surface area contributed by atoms with Crippen LogP contribution < -0.4 is 10.4 Å². The van der Waals surface area contributed by atoms with E-state index in [0.29, 0.717) is 13.2 Å². The summed E-state index contributed by atoms with van der Waals surface area (Å²) < 4.78 is 22.8. The maximum atomic E-state index is 6.16. The molecule has 0 fully saturated rings. The summed E-state index contributed by atoms with van der Waals surface area (Å²) in [5.41, 5.74) is 1.29. The molecule has 0 amide bonds. The molecule has 166 valence electrons. The van der Waals surface area contributed by atoms with Crippen LogP contribution in [0.1, 0.15) is 19.4 Å². The molecule has 0 radical (unpaired) electrons. The molecule has 0 aromatic heterocycles. The fourth-order valence-electron chi connectivity index (χ4n) is 3.33. The monoisotopic (exact) mass is 454 g/mol. The summed E-state index contributed by atoms with van der Waals surface area (Å²) in [6.45, 7) is 5.34. The van der Waals surface area contributed by atoms with E-state index in [-0.39, 0.29) is 0 Å². The molecule has 0 N–H and O–H groups in total. The second kappa shape index (κ2) is 14.1. The minimum absolute atomic E-state index is 0.649. The average molecular weight is 455 g/mol. The molecule has 3 rings (SSSR count). The van der Waals surface area contributed by atoms with Crippen molar-refractivity contribution >= 4 is 28.2 Å². The van der Waals surface area contributed by atoms with Crippen molar-refractivity contribution < 1.29 is 17.7 Å². The van der Waals surface area contributed by atoms with Crippen molar-refractivity contribution in [3.8, 4) is 0 Å². The first-order chi connectivity index (χ1) is 15.2. The van der Waals surface area contributed by atoms with Crippen molar-refractivity contribution in [2.24, 2.45) is 0 Å². The highest BCUT2D eigenvalue weighted by Crippen LogP contribution is 2.10. The Morgan fingerprint density at radius 1 is 0.613 bits per heavy atom. The van der Waals surface area contributed by atoms with Crippen LogP contribution in [-0.2, 0) is 23.7 Å². The molecule has 0 aliphatic heterocycles. The number of hydrogen-bond acceptors (Lipinski definition) is 4. The molecule has 6 heteroatoms. The number of hydrogen-bond donors (Lipinski definition) is 0. The molecule has 0 atom stereocenters. The molecule has 31 heavy (non-hydrogen) atoms. The van der Waals surface area contributed by atoms with Crippen molar-refractivity contribution in [1.82, 2.24) is 0 Å². The third kappa shape index (κ3) is 7.53. The minimum atomic E-state index is -2.55. The topological polar surface area (TPSA) is 36.9 Å². The lowest BCUT2D eigenvalue weighted by Gasteiger charge is -2.30. The zero-order chi connectivity index (χ0) is 22.4. The average Bonchev–Trinajstić information content (AvgIpc) is 2.84. The van der Waals surface area contributed by atoms with Crippen LogP contribution >= 0.6 is 0 Å². The third-order valence-electron chi connectivity index (χ3n) is 4.77. The normalized spacial score (nSPS) is 11.1. The number of benzene rings is 3. The molecule has 3 aromatic carbocycles. The Morgan fingerprint density at radius 3 is 1.35 bits per heavy atom. The summed E-state index contributed by atoms with van der Waals surface area (Å²) in [6.07, 6.45) is 0. The van der Waals surface area contributed by atoms with Crippen molar-refractivity contribution in [3.63, 3.8) is 0 Å². The van der Waals surface area contributed by atoms with E-state index in [2.05, 4.69) is 36.4 Å². The lowest BCUT2D eigenvalue weighted by molar-refractivity contribution is 0.208. The van der Waals surface area contributed by atoms with Crippen LogP contribution in [0.15, 0.2) is 91.0 Å². The van der Waals surface area contributed by atoms with Crippen LogP contribution in [0.3, 0.4) is 0 Å². The summed E-state index contributed by atoms with van der Waals surface area (Å²) in [5.74, 6) is 0. The minimum Gasteiger partial charge on any atom is -0.400 e. The van der Waals surface area contributed by atoms with Gasteiger partial charge in [-0.25, -0.2) is 0 Å². The van der Waals surface area contributed by atoms with Gasteiger partial charge in [0.05, 0.1) is 0 Å². The molecule has 0 aliphatic carbocycles. The fraction of sp³-hybridized carbons (Fsp3) is 0.280. The first kappa shape index (κ1) is 25.2. The molecular weight excluding hydrogens is 420 g/mol. The van der Waals surface area contributed by atoms with Crippen molar-refractivity contribution in [2.75, 3.05) is 27.4 Å². The predicted octanol–water partition coefficient (Wildman–Crippen LogP) is 3.60. The molecule has 3 aromatic rings. The van der Waals surface area contributed by atoms with Crippen LogP contribution in [0, 0.1) is 0 Å². The van der Waals surface area contributed by atoms with Gasteiger partial charge in [-0.15, -0.1) is 0 Å². The van der Waals surface area contributed by atoms with Gasteiger partial charge in [-0.05, 0) is 29.8 Å². The van der Waals surface area contributed by atoms with Gasteiger partial charge in [0.2, 0.25) is 0 Å². The Labute approximate surface area is 189 Å². The van der Waals surface area contributed by atoms with Gasteiger partial charge in [0.1, 0.15) is 0 Å². The Morgan fingerprint density at radius 2 is 1.00 bits per heavy atom. The van der Waals surface area contributed by atoms with Gasteiger partial charge >= 0.3 is 17.8 Å². The molecule has 0 bridgehead atoms. The first-order valence-electron chi connectivity index (χ1n) is 10.7. The van der Waals surface area contributed by atoms with Gasteiger partial charge in [0, 0.05) is 33.5 Å². The highest BCUT2D eigenvalue weighted by atomic mass is 28.4. The second-order valence-corrected chi connectivity index (χ2v) is 12.0. The van der Waals surface area contributed by atoms with Crippen LogP contribution in [0.25, 0.3) is 0 Å². The summed E-state index contributed by atoms with van der Waals surface area (Å²) >= 11 is 0. The Kier molecular flexibility index (Phi) is 11.4.